The predicted octanol–water partition coefficient (Wildman–Crippen LogP) is 2.63. The number of aryl methyl sites for hydroxylation is 1. The lowest BCUT2D eigenvalue weighted by Crippen LogP contribution is -2.41. The van der Waals surface area contributed by atoms with Crippen LogP contribution >= 0.6 is 0 Å². The Morgan fingerprint density at radius 3 is 2.86 bits per heavy atom. The molecule has 0 saturated heterocycles. The van der Waals surface area contributed by atoms with Crippen LogP contribution in [-0.4, -0.2) is 23.0 Å². The highest BCUT2D eigenvalue weighted by atomic mass is 16.4. The maximum absolute atomic E-state index is 12.3. The van der Waals surface area contributed by atoms with E-state index in [0.29, 0.717) is 17.9 Å². The average Bonchev–Trinajstić information content (AvgIpc) is 3.30. The van der Waals surface area contributed by atoms with Crippen LogP contribution in [0.4, 0.5) is 0 Å². The molecule has 1 aromatic rings. The molecule has 1 fully saturated rings. The van der Waals surface area contributed by atoms with Crippen LogP contribution in [-0.2, 0) is 11.2 Å². The second-order valence-corrected chi connectivity index (χ2v) is 5.90. The van der Waals surface area contributed by atoms with Crippen LogP contribution in [0, 0.1) is 5.92 Å². The number of allylic oxidation sites excluding steroid dienone is 1. The third-order valence-corrected chi connectivity index (χ3v) is 4.15. The van der Waals surface area contributed by atoms with Gasteiger partial charge < -0.3 is 10.4 Å². The summed E-state index contributed by atoms with van der Waals surface area (Å²) in [6, 6.07) is 4.79. The highest BCUT2D eigenvalue weighted by molar-refractivity contribution is 5.97. The fraction of sp³-hybridized carbons (Fsp3) is 0.412. The Balaban J connectivity index is 1.71. The van der Waals surface area contributed by atoms with Crippen molar-refractivity contribution in [2.75, 3.05) is 0 Å². The molecule has 0 aromatic heterocycles. The Hall–Kier alpha value is -2.10. The summed E-state index contributed by atoms with van der Waals surface area (Å²) in [5, 5.41) is 11.9. The number of carboxylic acid groups (broad SMARTS) is 1. The van der Waals surface area contributed by atoms with Crippen molar-refractivity contribution in [1.29, 1.82) is 0 Å². The van der Waals surface area contributed by atoms with Gasteiger partial charge in [0.2, 0.25) is 0 Å². The summed E-state index contributed by atoms with van der Waals surface area (Å²) in [6.07, 6.45) is 8.78. The number of fused-ring (bicyclic) bond motifs is 1. The van der Waals surface area contributed by atoms with Crippen LogP contribution in [0.3, 0.4) is 0 Å². The number of benzene rings is 1. The molecule has 0 spiro atoms. The van der Waals surface area contributed by atoms with Crippen molar-refractivity contribution in [1.82, 2.24) is 5.32 Å². The van der Waals surface area contributed by atoms with Gasteiger partial charge in [0.15, 0.2) is 0 Å². The Kier molecular flexibility index (Phi) is 3.78. The lowest BCUT2D eigenvalue weighted by Gasteiger charge is -2.16. The van der Waals surface area contributed by atoms with E-state index in [9.17, 15) is 14.7 Å². The average molecular weight is 285 g/mol. The lowest BCUT2D eigenvalue weighted by atomic mass is 9.95. The van der Waals surface area contributed by atoms with Crippen molar-refractivity contribution in [2.24, 2.45) is 5.92 Å². The molecule has 0 bridgehead atoms. The normalized spacial score (nSPS) is 17.9. The van der Waals surface area contributed by atoms with Gasteiger partial charge >= 0.3 is 5.97 Å². The lowest BCUT2D eigenvalue weighted by molar-refractivity contribution is -0.139. The van der Waals surface area contributed by atoms with Crippen molar-refractivity contribution in [2.45, 2.75) is 38.1 Å². The molecule has 4 heteroatoms. The van der Waals surface area contributed by atoms with E-state index in [0.717, 1.165) is 36.8 Å². The third-order valence-electron chi connectivity index (χ3n) is 4.15. The summed E-state index contributed by atoms with van der Waals surface area (Å²) < 4.78 is 0. The summed E-state index contributed by atoms with van der Waals surface area (Å²) in [5.41, 5.74) is 2.84. The fourth-order valence-electron chi connectivity index (χ4n) is 2.73. The molecule has 1 amide bonds. The van der Waals surface area contributed by atoms with Crippen LogP contribution in [0.15, 0.2) is 24.3 Å². The number of nitrogens with one attached hydrogen (secondary N) is 1. The van der Waals surface area contributed by atoms with Gasteiger partial charge in [-0.2, -0.15) is 0 Å². The van der Waals surface area contributed by atoms with Gasteiger partial charge in [0.25, 0.3) is 5.91 Å². The zero-order chi connectivity index (χ0) is 14.8. The molecule has 0 heterocycles. The van der Waals surface area contributed by atoms with E-state index in [4.69, 9.17) is 0 Å². The van der Waals surface area contributed by atoms with E-state index >= 15 is 0 Å². The Bertz CT molecular complexity index is 602. The highest BCUT2D eigenvalue weighted by Crippen LogP contribution is 2.33. The summed E-state index contributed by atoms with van der Waals surface area (Å²) >= 11 is 0. The van der Waals surface area contributed by atoms with Gasteiger partial charge in [-0.15, -0.1) is 0 Å². The number of hydrogen-bond donors (Lipinski definition) is 2. The molecular formula is C17H19NO3. The van der Waals surface area contributed by atoms with Crippen LogP contribution in [0.2, 0.25) is 0 Å². The van der Waals surface area contributed by atoms with Gasteiger partial charge in [-0.05, 0) is 48.4 Å². The number of hydrogen-bond acceptors (Lipinski definition) is 2. The minimum atomic E-state index is -0.948. The van der Waals surface area contributed by atoms with Crippen molar-refractivity contribution >= 4 is 18.0 Å². The van der Waals surface area contributed by atoms with E-state index in [1.165, 1.54) is 0 Å². The van der Waals surface area contributed by atoms with Crippen molar-refractivity contribution in [3.63, 3.8) is 0 Å². The standard InChI is InChI=1S/C17H19NO3/c19-16(18-15(17(20)21)9-11-5-6-11)14-8-7-12-3-1-2-4-13(12)10-14/h1,3,7-8,10-11,15H,2,4-6,9H2,(H,18,19)(H,20,21). The molecule has 2 aliphatic carbocycles. The zero-order valence-corrected chi connectivity index (χ0v) is 11.8. The molecule has 2 N–H and O–H groups in total. The molecule has 0 aliphatic heterocycles. The zero-order valence-electron chi connectivity index (χ0n) is 11.8. The number of amides is 1. The molecule has 21 heavy (non-hydrogen) atoms. The fourth-order valence-corrected chi connectivity index (χ4v) is 2.73. The van der Waals surface area contributed by atoms with Crippen molar-refractivity contribution < 1.29 is 14.7 Å². The first-order valence-electron chi connectivity index (χ1n) is 7.46. The Morgan fingerprint density at radius 2 is 2.14 bits per heavy atom. The van der Waals surface area contributed by atoms with E-state index in [1.807, 2.05) is 12.1 Å². The summed E-state index contributed by atoms with van der Waals surface area (Å²) in [4.78, 5) is 23.5. The third kappa shape index (κ3) is 3.32. The van der Waals surface area contributed by atoms with Gasteiger partial charge in [0.05, 0.1) is 0 Å². The monoisotopic (exact) mass is 285 g/mol. The van der Waals surface area contributed by atoms with Crippen LogP contribution in [0.5, 0.6) is 0 Å². The van der Waals surface area contributed by atoms with Crippen LogP contribution in [0.25, 0.3) is 6.08 Å². The topological polar surface area (TPSA) is 66.4 Å². The summed E-state index contributed by atoms with van der Waals surface area (Å²) in [7, 11) is 0. The van der Waals surface area contributed by atoms with Crippen LogP contribution < -0.4 is 5.32 Å². The smallest absolute Gasteiger partial charge is 0.326 e. The summed E-state index contributed by atoms with van der Waals surface area (Å²) in [6.45, 7) is 0. The molecule has 1 unspecified atom stereocenters. The SMILES string of the molecule is O=C(NC(CC1CC1)C(=O)O)c1ccc2c(c1)CCC=C2. The first-order chi connectivity index (χ1) is 10.1. The molecule has 110 valence electrons. The van der Waals surface area contributed by atoms with E-state index in [2.05, 4.69) is 17.5 Å². The molecule has 1 saturated carbocycles. The number of carboxylic acids is 1. The van der Waals surface area contributed by atoms with Gasteiger partial charge in [-0.1, -0.05) is 31.1 Å². The molecule has 2 aliphatic rings. The second-order valence-electron chi connectivity index (χ2n) is 5.90. The molecular weight excluding hydrogens is 266 g/mol. The largest absolute Gasteiger partial charge is 0.480 e. The van der Waals surface area contributed by atoms with Gasteiger partial charge in [-0.25, -0.2) is 4.79 Å². The number of carbonyl (C=O) groups excluding carboxylic acids is 1. The highest BCUT2D eigenvalue weighted by Gasteiger charge is 2.30. The van der Waals surface area contributed by atoms with Gasteiger partial charge in [0, 0.05) is 5.56 Å². The second kappa shape index (κ2) is 5.72. The molecule has 1 atom stereocenters. The van der Waals surface area contributed by atoms with Crippen LogP contribution in [0.1, 0.15) is 47.2 Å². The Labute approximate surface area is 123 Å². The number of aliphatic carboxylic acids is 1. The van der Waals surface area contributed by atoms with Crippen molar-refractivity contribution in [3.05, 3.63) is 41.0 Å². The quantitative estimate of drug-likeness (QED) is 0.874. The first-order valence-corrected chi connectivity index (χ1v) is 7.46. The Morgan fingerprint density at radius 1 is 1.33 bits per heavy atom. The predicted molar refractivity (Wildman–Crippen MR) is 80.0 cm³/mol. The molecule has 4 nitrogen and oxygen atoms in total. The first kappa shape index (κ1) is 13.9. The van der Waals surface area contributed by atoms with E-state index in [1.54, 1.807) is 6.07 Å². The summed E-state index contributed by atoms with van der Waals surface area (Å²) in [5.74, 6) is -0.781. The van der Waals surface area contributed by atoms with E-state index in [-0.39, 0.29) is 5.91 Å². The minimum Gasteiger partial charge on any atom is -0.480 e. The maximum atomic E-state index is 12.3. The number of rotatable bonds is 5. The number of carbonyl (C=O) groups is 2. The van der Waals surface area contributed by atoms with Gasteiger partial charge in [0.1, 0.15) is 6.04 Å². The molecule has 0 radical (unpaired) electrons. The van der Waals surface area contributed by atoms with E-state index < -0.39 is 12.0 Å². The van der Waals surface area contributed by atoms with Crippen molar-refractivity contribution in [3.8, 4) is 0 Å². The molecule has 3 rings (SSSR count). The van der Waals surface area contributed by atoms with Gasteiger partial charge in [-0.3, -0.25) is 4.79 Å². The maximum Gasteiger partial charge on any atom is 0.326 e. The minimum absolute atomic E-state index is 0.291. The molecule has 1 aromatic carbocycles.